The molecule has 2 aliphatic heterocycles. The summed E-state index contributed by atoms with van der Waals surface area (Å²) in [5.74, 6) is 0. The van der Waals surface area contributed by atoms with Crippen molar-refractivity contribution >= 4 is 29.8 Å². The molecule has 1 aromatic carbocycles. The Hall–Kier alpha value is -0.820. The summed E-state index contributed by atoms with van der Waals surface area (Å²) < 4.78 is 13.5. The van der Waals surface area contributed by atoms with E-state index >= 15 is 0 Å². The Morgan fingerprint density at radius 1 is 1.04 bits per heavy atom. The molecular weight excluding hydrogens is 389 g/mol. The van der Waals surface area contributed by atoms with Crippen LogP contribution in [0.2, 0.25) is 0 Å². The fourth-order valence-electron chi connectivity index (χ4n) is 3.93. The summed E-state index contributed by atoms with van der Waals surface area (Å²) in [6.45, 7) is 14.2. The standard InChI is InChI=1S/C20H34N5OPS/c1-20(2,3)27(18-8-6-5-7-9-18,25-14-16-26-17-15-25)22-19(28)21-24-12-10-23(4)11-13-24/h5-9H,10-17H2,1-4H3,(H,21,28)/t27-/m0/s1. The van der Waals surface area contributed by atoms with Gasteiger partial charge in [0, 0.05) is 49.7 Å². The lowest BCUT2D eigenvalue weighted by atomic mass is 10.3. The van der Waals surface area contributed by atoms with Gasteiger partial charge in [-0.25, -0.2) is 9.75 Å². The highest BCUT2D eigenvalue weighted by molar-refractivity contribution is 7.81. The Kier molecular flexibility index (Phi) is 7.29. The fraction of sp³-hybridized carbons (Fsp3) is 0.650. The smallest absolute Gasteiger partial charge is 0.207 e. The zero-order valence-electron chi connectivity index (χ0n) is 17.6. The van der Waals surface area contributed by atoms with Crippen LogP contribution < -0.4 is 10.7 Å². The number of nitrogens with one attached hydrogen (secondary N) is 1. The van der Waals surface area contributed by atoms with Gasteiger partial charge in [-0.3, -0.25) is 10.1 Å². The fourth-order valence-corrected chi connectivity index (χ4v) is 8.55. The van der Waals surface area contributed by atoms with Gasteiger partial charge >= 0.3 is 0 Å². The molecule has 0 aromatic heterocycles. The molecule has 156 valence electrons. The molecule has 2 aliphatic rings. The molecule has 0 aliphatic carbocycles. The molecule has 0 amide bonds. The van der Waals surface area contributed by atoms with E-state index in [-0.39, 0.29) is 5.16 Å². The van der Waals surface area contributed by atoms with Crippen molar-refractivity contribution in [3.8, 4) is 0 Å². The third-order valence-electron chi connectivity index (χ3n) is 5.44. The van der Waals surface area contributed by atoms with E-state index in [0.29, 0.717) is 5.11 Å². The van der Waals surface area contributed by atoms with Crippen molar-refractivity contribution in [2.45, 2.75) is 25.9 Å². The van der Waals surface area contributed by atoms with Crippen molar-refractivity contribution in [1.29, 1.82) is 0 Å². The van der Waals surface area contributed by atoms with Crippen molar-refractivity contribution in [2.75, 3.05) is 59.5 Å². The quantitative estimate of drug-likeness (QED) is 0.596. The third kappa shape index (κ3) is 4.84. The predicted octanol–water partition coefficient (Wildman–Crippen LogP) is 2.60. The van der Waals surface area contributed by atoms with Crippen molar-refractivity contribution < 1.29 is 4.74 Å². The number of nitrogens with zero attached hydrogens (tertiary/aromatic N) is 4. The van der Waals surface area contributed by atoms with Crippen LogP contribution in [0.4, 0.5) is 0 Å². The first-order valence-corrected chi connectivity index (χ1v) is 12.2. The summed E-state index contributed by atoms with van der Waals surface area (Å²) in [7, 11) is 0.0506. The minimum atomic E-state index is -2.11. The number of rotatable bonds is 3. The van der Waals surface area contributed by atoms with Crippen molar-refractivity contribution in [3.05, 3.63) is 30.3 Å². The molecule has 6 nitrogen and oxygen atoms in total. The van der Waals surface area contributed by atoms with Gasteiger partial charge in [-0.1, -0.05) is 51.1 Å². The first-order valence-electron chi connectivity index (χ1n) is 10.1. The molecule has 0 bridgehead atoms. The second-order valence-electron chi connectivity index (χ2n) is 8.48. The maximum Gasteiger partial charge on any atom is 0.207 e. The van der Waals surface area contributed by atoms with Gasteiger partial charge in [0.25, 0.3) is 0 Å². The summed E-state index contributed by atoms with van der Waals surface area (Å²) >= 11 is 5.79. The highest BCUT2D eigenvalue weighted by Crippen LogP contribution is 2.62. The Labute approximate surface area is 175 Å². The summed E-state index contributed by atoms with van der Waals surface area (Å²) in [6.07, 6.45) is 0. The molecular formula is C20H34N5OPS. The molecule has 1 aromatic rings. The molecule has 3 rings (SSSR count). The number of hydrogen-bond donors (Lipinski definition) is 1. The molecule has 8 heteroatoms. The molecule has 2 heterocycles. The topological polar surface area (TPSA) is 43.3 Å². The number of piperazine rings is 1. The van der Waals surface area contributed by atoms with Crippen molar-refractivity contribution in [3.63, 3.8) is 0 Å². The largest absolute Gasteiger partial charge is 0.379 e. The van der Waals surface area contributed by atoms with E-state index in [1.807, 2.05) is 0 Å². The van der Waals surface area contributed by atoms with Gasteiger partial charge in [0.1, 0.15) is 0 Å². The van der Waals surface area contributed by atoms with Crippen LogP contribution in [0.25, 0.3) is 0 Å². The summed E-state index contributed by atoms with van der Waals surface area (Å²) in [4.78, 5) is 2.34. The molecule has 1 N–H and O–H groups in total. The minimum absolute atomic E-state index is 0.0421. The Morgan fingerprint density at radius 2 is 1.64 bits per heavy atom. The molecule has 0 saturated carbocycles. The van der Waals surface area contributed by atoms with Gasteiger partial charge in [-0.15, -0.1) is 0 Å². The Balaban J connectivity index is 1.99. The van der Waals surface area contributed by atoms with Gasteiger partial charge in [-0.05, 0) is 19.3 Å². The SMILES string of the molecule is CN1CCN(NC(=S)N=[P@@](c2ccccc2)(N2CCOCC2)C(C)(C)C)CC1. The van der Waals surface area contributed by atoms with Gasteiger partial charge in [-0.2, -0.15) is 0 Å². The van der Waals surface area contributed by atoms with E-state index in [0.717, 1.165) is 52.5 Å². The number of likely N-dealkylation sites (N-methyl/N-ethyl adjacent to an activating group) is 1. The lowest BCUT2D eigenvalue weighted by molar-refractivity contribution is 0.0737. The van der Waals surface area contributed by atoms with Crippen LogP contribution in [0.15, 0.2) is 35.1 Å². The van der Waals surface area contributed by atoms with Gasteiger partial charge in [0.05, 0.1) is 20.4 Å². The molecule has 2 saturated heterocycles. The Bertz CT molecular complexity index is 707. The van der Waals surface area contributed by atoms with E-state index in [1.54, 1.807) is 0 Å². The highest BCUT2D eigenvalue weighted by atomic mass is 32.1. The zero-order valence-corrected chi connectivity index (χ0v) is 19.3. The van der Waals surface area contributed by atoms with Crippen LogP contribution >= 0.6 is 19.4 Å². The zero-order chi connectivity index (χ0) is 20.2. The van der Waals surface area contributed by atoms with E-state index in [4.69, 9.17) is 21.7 Å². The summed E-state index contributed by atoms with van der Waals surface area (Å²) in [5, 5.41) is 4.04. The normalized spacial score (nSPS) is 22.4. The van der Waals surface area contributed by atoms with E-state index < -0.39 is 7.21 Å². The number of hydrazine groups is 1. The van der Waals surface area contributed by atoms with Crippen molar-refractivity contribution in [1.82, 2.24) is 20.0 Å². The van der Waals surface area contributed by atoms with Crippen molar-refractivity contribution in [2.24, 2.45) is 4.74 Å². The lowest BCUT2D eigenvalue weighted by Crippen LogP contribution is -2.52. The molecule has 2 fully saturated rings. The van der Waals surface area contributed by atoms with E-state index in [9.17, 15) is 0 Å². The minimum Gasteiger partial charge on any atom is -0.379 e. The predicted molar refractivity (Wildman–Crippen MR) is 122 cm³/mol. The van der Waals surface area contributed by atoms with Crippen LogP contribution in [0.3, 0.4) is 0 Å². The van der Waals surface area contributed by atoms with Gasteiger partial charge in [0.2, 0.25) is 5.11 Å². The molecule has 0 spiro atoms. The third-order valence-corrected chi connectivity index (χ3v) is 10.4. The highest BCUT2D eigenvalue weighted by Gasteiger charge is 2.42. The average molecular weight is 424 g/mol. The first-order chi connectivity index (χ1) is 13.3. The number of hydrogen-bond acceptors (Lipinski definition) is 4. The molecule has 1 atom stereocenters. The summed E-state index contributed by atoms with van der Waals surface area (Å²) in [5.41, 5.74) is 3.42. The second kappa shape index (κ2) is 9.33. The maximum atomic E-state index is 5.79. The first kappa shape index (κ1) is 21.9. The molecule has 0 unspecified atom stereocenters. The average Bonchev–Trinajstić information content (AvgIpc) is 2.68. The number of ether oxygens (including phenoxy) is 1. The molecule has 28 heavy (non-hydrogen) atoms. The Morgan fingerprint density at radius 3 is 2.21 bits per heavy atom. The van der Waals surface area contributed by atoms with Crippen LogP contribution in [-0.4, -0.2) is 84.4 Å². The number of thiocarbonyl (C=S) groups is 1. The molecule has 0 radical (unpaired) electrons. The number of morpholine rings is 1. The lowest BCUT2D eigenvalue weighted by Gasteiger charge is -2.47. The maximum absolute atomic E-state index is 5.79. The van der Waals surface area contributed by atoms with Crippen LogP contribution in [-0.2, 0) is 4.74 Å². The summed E-state index contributed by atoms with van der Waals surface area (Å²) in [6, 6.07) is 10.7. The van der Waals surface area contributed by atoms with Crippen LogP contribution in [0.1, 0.15) is 20.8 Å². The van der Waals surface area contributed by atoms with E-state index in [1.165, 1.54) is 5.30 Å². The monoisotopic (exact) mass is 423 g/mol. The second-order valence-corrected chi connectivity index (χ2v) is 12.7. The van der Waals surface area contributed by atoms with E-state index in [2.05, 4.69) is 78.2 Å². The van der Waals surface area contributed by atoms with Gasteiger partial charge < -0.3 is 9.64 Å². The van der Waals surface area contributed by atoms with Crippen LogP contribution in [0.5, 0.6) is 0 Å². The van der Waals surface area contributed by atoms with Crippen LogP contribution in [0, 0.1) is 0 Å². The van der Waals surface area contributed by atoms with Gasteiger partial charge in [0.15, 0.2) is 0 Å². The number of benzene rings is 1.